The molecule has 1 aliphatic carbocycles. The Morgan fingerprint density at radius 1 is 1.03 bits per heavy atom. The van der Waals surface area contributed by atoms with Gasteiger partial charge >= 0.3 is 0 Å². The van der Waals surface area contributed by atoms with Gasteiger partial charge in [-0.2, -0.15) is 0 Å². The molecule has 2 aromatic carbocycles. The number of hydrogen-bond donors (Lipinski definition) is 2. The van der Waals surface area contributed by atoms with Crippen molar-refractivity contribution in [2.75, 3.05) is 18.5 Å². The molecule has 1 unspecified atom stereocenters. The lowest BCUT2D eigenvalue weighted by molar-refractivity contribution is -0.138. The number of aliphatic hydroxyl groups excluding tert-OH is 1. The number of nitrogens with one attached hydrogen (secondary N) is 1. The first kappa shape index (κ1) is 21.6. The average molecular weight is 448 g/mol. The van der Waals surface area contributed by atoms with Crippen molar-refractivity contribution in [2.45, 2.75) is 50.5 Å². The van der Waals surface area contributed by atoms with Crippen LogP contribution in [0.5, 0.6) is 0 Å². The van der Waals surface area contributed by atoms with E-state index in [1.807, 2.05) is 41.3 Å². The van der Waals surface area contributed by atoms with Crippen LogP contribution in [0.1, 0.15) is 60.6 Å². The van der Waals surface area contributed by atoms with Gasteiger partial charge in [-0.05, 0) is 74.3 Å². The van der Waals surface area contributed by atoms with Gasteiger partial charge in [-0.1, -0.05) is 29.4 Å². The van der Waals surface area contributed by atoms with Crippen molar-refractivity contribution in [1.29, 1.82) is 0 Å². The molecule has 172 valence electrons. The Morgan fingerprint density at radius 3 is 2.55 bits per heavy atom. The number of fused-ring (bicyclic) bond motifs is 1. The van der Waals surface area contributed by atoms with E-state index < -0.39 is 0 Å². The van der Waals surface area contributed by atoms with E-state index in [0.29, 0.717) is 22.5 Å². The molecule has 2 fully saturated rings. The number of benzene rings is 2. The number of aliphatic hydroxyl groups is 1. The third-order valence-electron chi connectivity index (χ3n) is 7.18. The maximum Gasteiger partial charge on any atom is 0.294 e. The lowest BCUT2D eigenvalue weighted by atomic mass is 9.78. The second kappa shape index (κ2) is 9.35. The van der Waals surface area contributed by atoms with E-state index in [1.165, 1.54) is 5.56 Å². The summed E-state index contributed by atoms with van der Waals surface area (Å²) in [6.45, 7) is 0.845. The Kier molecular flexibility index (Phi) is 6.13. The third kappa shape index (κ3) is 4.37. The molecule has 33 heavy (non-hydrogen) atoms. The molecule has 0 spiro atoms. The summed E-state index contributed by atoms with van der Waals surface area (Å²) in [5.74, 6) is 0.605. The molecular weight excluding hydrogens is 418 g/mol. The Morgan fingerprint density at radius 2 is 1.79 bits per heavy atom. The van der Waals surface area contributed by atoms with Crippen molar-refractivity contribution in [3.05, 3.63) is 59.9 Å². The molecule has 1 saturated heterocycles. The van der Waals surface area contributed by atoms with Crippen molar-refractivity contribution in [2.24, 2.45) is 5.92 Å². The molecule has 7 nitrogen and oxygen atoms in total. The first-order valence-corrected chi connectivity index (χ1v) is 11.8. The first-order valence-electron chi connectivity index (χ1n) is 11.8. The Labute approximate surface area is 192 Å². The summed E-state index contributed by atoms with van der Waals surface area (Å²) in [6, 6.07) is 15.3. The van der Waals surface area contributed by atoms with Gasteiger partial charge in [0.2, 0.25) is 11.7 Å². The number of hydrogen-bond acceptors (Lipinski definition) is 5. The summed E-state index contributed by atoms with van der Waals surface area (Å²) >= 11 is 0. The molecule has 2 amide bonds. The van der Waals surface area contributed by atoms with Crippen molar-refractivity contribution in [1.82, 2.24) is 10.1 Å². The van der Waals surface area contributed by atoms with Crippen LogP contribution in [0.3, 0.4) is 0 Å². The molecule has 0 radical (unpaired) electrons. The number of carbonyl (C=O) groups is 2. The topological polar surface area (TPSA) is 95.7 Å². The van der Waals surface area contributed by atoms with E-state index in [9.17, 15) is 14.7 Å². The van der Waals surface area contributed by atoms with E-state index in [0.717, 1.165) is 45.1 Å². The van der Waals surface area contributed by atoms with Crippen LogP contribution < -0.4 is 5.32 Å². The van der Waals surface area contributed by atoms with Crippen molar-refractivity contribution < 1.29 is 19.2 Å². The molecule has 1 saturated carbocycles. The summed E-state index contributed by atoms with van der Waals surface area (Å²) in [6.07, 6.45) is 5.62. The normalized spacial score (nSPS) is 23.1. The van der Waals surface area contributed by atoms with E-state index in [4.69, 9.17) is 4.52 Å². The predicted molar refractivity (Wildman–Crippen MR) is 125 cm³/mol. The third-order valence-corrected chi connectivity index (χ3v) is 7.18. The number of anilines is 1. The van der Waals surface area contributed by atoms with Crippen molar-refractivity contribution in [3.8, 4) is 0 Å². The fraction of sp³-hybridized carbons (Fsp3) is 0.423. The van der Waals surface area contributed by atoms with E-state index >= 15 is 0 Å². The van der Waals surface area contributed by atoms with Gasteiger partial charge in [0.15, 0.2) is 0 Å². The minimum atomic E-state index is -0.321. The summed E-state index contributed by atoms with van der Waals surface area (Å²) in [5, 5.41) is 17.0. The molecule has 7 heteroatoms. The lowest BCUT2D eigenvalue weighted by Crippen LogP contribution is -2.42. The Balaban J connectivity index is 1.17. The van der Waals surface area contributed by atoms with Crippen LogP contribution in [0.2, 0.25) is 0 Å². The Bertz CT molecular complexity index is 1130. The summed E-state index contributed by atoms with van der Waals surface area (Å²) in [7, 11) is 0. The highest BCUT2D eigenvalue weighted by atomic mass is 16.5. The quantitative estimate of drug-likeness (QED) is 0.607. The zero-order valence-electron chi connectivity index (χ0n) is 18.6. The number of likely N-dealkylation sites (tertiary alicyclic amines) is 1. The van der Waals surface area contributed by atoms with Gasteiger partial charge in [-0.15, -0.1) is 0 Å². The smallest absolute Gasteiger partial charge is 0.294 e. The van der Waals surface area contributed by atoms with Crippen molar-refractivity contribution >= 4 is 28.4 Å². The van der Waals surface area contributed by atoms with Crippen LogP contribution in [0, 0.1) is 5.92 Å². The highest BCUT2D eigenvalue weighted by Crippen LogP contribution is 2.37. The van der Waals surface area contributed by atoms with Crippen molar-refractivity contribution in [3.63, 3.8) is 0 Å². The Hall–Kier alpha value is -3.19. The second-order valence-corrected chi connectivity index (χ2v) is 9.16. The highest BCUT2D eigenvalue weighted by Gasteiger charge is 2.35. The average Bonchev–Trinajstić information content (AvgIpc) is 3.51. The second-order valence-electron chi connectivity index (χ2n) is 9.16. The summed E-state index contributed by atoms with van der Waals surface area (Å²) in [4.78, 5) is 27.4. The van der Waals surface area contributed by atoms with Crippen LogP contribution >= 0.6 is 0 Å². The molecule has 3 aromatic rings. The van der Waals surface area contributed by atoms with Crippen LogP contribution in [-0.4, -0.2) is 46.2 Å². The predicted octanol–water partition coefficient (Wildman–Crippen LogP) is 4.34. The molecule has 1 aliphatic heterocycles. The summed E-state index contributed by atoms with van der Waals surface area (Å²) < 4.78 is 5.24. The molecule has 1 atom stereocenters. The maximum atomic E-state index is 12.9. The van der Waals surface area contributed by atoms with Gasteiger partial charge in [-0.3, -0.25) is 9.59 Å². The number of aromatic nitrogens is 1. The molecule has 0 bridgehead atoms. The molecular formula is C26H29N3O4. The van der Waals surface area contributed by atoms with E-state index in [2.05, 4.69) is 22.6 Å². The van der Waals surface area contributed by atoms with Crippen LogP contribution in [0.4, 0.5) is 5.69 Å². The van der Waals surface area contributed by atoms with Crippen LogP contribution in [0.15, 0.2) is 53.1 Å². The number of amides is 2. The monoisotopic (exact) mass is 447 g/mol. The largest absolute Gasteiger partial charge is 0.394 e. The maximum absolute atomic E-state index is 12.9. The minimum absolute atomic E-state index is 0.00734. The van der Waals surface area contributed by atoms with E-state index in [1.54, 1.807) is 0 Å². The van der Waals surface area contributed by atoms with E-state index in [-0.39, 0.29) is 36.1 Å². The summed E-state index contributed by atoms with van der Waals surface area (Å²) in [5.41, 5.74) is 2.60. The zero-order valence-corrected chi connectivity index (χ0v) is 18.6. The molecule has 1 aromatic heterocycles. The van der Waals surface area contributed by atoms with Crippen LogP contribution in [0.25, 0.3) is 10.9 Å². The van der Waals surface area contributed by atoms with Gasteiger partial charge in [0.05, 0.1) is 18.0 Å². The van der Waals surface area contributed by atoms with Gasteiger partial charge in [0.25, 0.3) is 5.91 Å². The van der Waals surface area contributed by atoms with Gasteiger partial charge in [0, 0.05) is 18.2 Å². The number of rotatable bonds is 5. The van der Waals surface area contributed by atoms with Gasteiger partial charge in [-0.25, -0.2) is 0 Å². The van der Waals surface area contributed by atoms with Crippen LogP contribution in [-0.2, 0) is 4.79 Å². The fourth-order valence-electron chi connectivity index (χ4n) is 5.30. The first-order chi connectivity index (χ1) is 16.1. The molecule has 5 rings (SSSR count). The fourth-order valence-corrected chi connectivity index (χ4v) is 5.30. The number of carbonyl (C=O) groups excluding carboxylic acids is 2. The zero-order chi connectivity index (χ0) is 22.8. The molecule has 2 N–H and O–H groups in total. The van der Waals surface area contributed by atoms with Gasteiger partial charge in [0.1, 0.15) is 5.52 Å². The highest BCUT2D eigenvalue weighted by molar-refractivity contribution is 6.10. The molecule has 2 heterocycles. The lowest BCUT2D eigenvalue weighted by Gasteiger charge is -2.32. The standard InChI is InChI=1S/C26H29N3O4/c30-16-21-4-3-15-29(21)26(32)19-9-7-17(8-10-19)18-11-13-20(14-12-18)27-25(31)24-22-5-1-2-6-23(22)28-33-24/h1-2,5-6,11-14,17,19,21,30H,3-4,7-10,15-16H2,(H,27,31)/t17-,19+,21?. The number of nitrogens with zero attached hydrogens (tertiary/aromatic N) is 2. The minimum Gasteiger partial charge on any atom is -0.394 e. The SMILES string of the molecule is O=C(Nc1ccc([C@H]2CC[C@@H](C(=O)N3CCCC3CO)CC2)cc1)c1onc2ccccc12. The van der Waals surface area contributed by atoms with Gasteiger partial charge < -0.3 is 19.8 Å². The molecule has 2 aliphatic rings.